The van der Waals surface area contributed by atoms with Crippen LogP contribution in [-0.4, -0.2) is 22.0 Å². The summed E-state index contributed by atoms with van der Waals surface area (Å²) in [6.45, 7) is 3.79. The number of aromatic hydroxyl groups is 1. The van der Waals surface area contributed by atoms with Crippen molar-refractivity contribution in [2.75, 3.05) is 0 Å². The van der Waals surface area contributed by atoms with Gasteiger partial charge in [-0.3, -0.25) is 4.79 Å². The number of carboxylic acids is 1. The van der Waals surface area contributed by atoms with E-state index in [-0.39, 0.29) is 22.7 Å². The number of aromatic carboxylic acids is 1. The van der Waals surface area contributed by atoms with E-state index >= 15 is 0 Å². The van der Waals surface area contributed by atoms with E-state index in [1.165, 1.54) is 12.1 Å². The molecule has 0 heterocycles. The van der Waals surface area contributed by atoms with E-state index in [1.54, 1.807) is 19.1 Å². The number of carbonyl (C=O) groups is 2. The Morgan fingerprint density at radius 1 is 1.09 bits per heavy atom. The highest BCUT2D eigenvalue weighted by molar-refractivity contribution is 6.15. The van der Waals surface area contributed by atoms with Crippen LogP contribution < -0.4 is 0 Å². The summed E-state index contributed by atoms with van der Waals surface area (Å²) in [7, 11) is 0. The molecule has 0 aliphatic heterocycles. The topological polar surface area (TPSA) is 74.6 Å². The number of rotatable bonds is 6. The molecule has 0 fully saturated rings. The number of carbonyl (C=O) groups excluding carboxylic acids is 1. The molecule has 0 aromatic heterocycles. The average Bonchev–Trinajstić information content (AvgIpc) is 2.51. The first-order valence-electron chi connectivity index (χ1n) is 7.65. The highest BCUT2D eigenvalue weighted by atomic mass is 16.4. The van der Waals surface area contributed by atoms with Crippen molar-refractivity contribution >= 4 is 11.8 Å². The molecule has 0 radical (unpaired) electrons. The normalized spacial score (nSPS) is 10.5. The summed E-state index contributed by atoms with van der Waals surface area (Å²) < 4.78 is 0. The molecule has 0 bridgehead atoms. The van der Waals surface area contributed by atoms with Gasteiger partial charge in [0.05, 0.1) is 0 Å². The van der Waals surface area contributed by atoms with Crippen LogP contribution in [0.4, 0.5) is 0 Å². The van der Waals surface area contributed by atoms with Crippen LogP contribution in [0.3, 0.4) is 0 Å². The van der Waals surface area contributed by atoms with Crippen LogP contribution in [0.15, 0.2) is 36.4 Å². The molecule has 4 nitrogen and oxygen atoms in total. The molecule has 23 heavy (non-hydrogen) atoms. The standard InChI is InChI=1S/C19H20O4/c1-3-4-7-13-8-5-6-9-14(13)18(21)15-10-12(2)11-16(20)17(15)19(22)23/h5-6,8-11,20H,3-4,7H2,1-2H3,(H,22,23). The molecule has 0 aliphatic carbocycles. The third kappa shape index (κ3) is 3.59. The van der Waals surface area contributed by atoms with Gasteiger partial charge in [-0.2, -0.15) is 0 Å². The Hall–Kier alpha value is -2.62. The summed E-state index contributed by atoms with van der Waals surface area (Å²) in [6.07, 6.45) is 2.72. The van der Waals surface area contributed by atoms with Gasteiger partial charge in [0, 0.05) is 11.1 Å². The monoisotopic (exact) mass is 312 g/mol. The highest BCUT2D eigenvalue weighted by Crippen LogP contribution is 2.27. The predicted octanol–water partition coefficient (Wildman–Crippen LogP) is 3.97. The van der Waals surface area contributed by atoms with E-state index in [9.17, 15) is 19.8 Å². The molecule has 2 rings (SSSR count). The molecule has 0 aliphatic rings. The molecule has 4 heteroatoms. The van der Waals surface area contributed by atoms with Crippen molar-refractivity contribution in [3.63, 3.8) is 0 Å². The molecular formula is C19H20O4. The maximum absolute atomic E-state index is 12.9. The van der Waals surface area contributed by atoms with Crippen molar-refractivity contribution < 1.29 is 19.8 Å². The first-order chi connectivity index (χ1) is 11.0. The fraction of sp³-hybridized carbons (Fsp3) is 0.263. The van der Waals surface area contributed by atoms with E-state index in [0.717, 1.165) is 24.8 Å². The van der Waals surface area contributed by atoms with E-state index in [2.05, 4.69) is 6.92 Å². The van der Waals surface area contributed by atoms with Crippen molar-refractivity contribution in [2.24, 2.45) is 0 Å². The molecule has 2 aromatic rings. The first-order valence-corrected chi connectivity index (χ1v) is 7.65. The fourth-order valence-electron chi connectivity index (χ4n) is 2.64. The van der Waals surface area contributed by atoms with Crippen LogP contribution in [0.1, 0.15) is 57.2 Å². The molecule has 120 valence electrons. The lowest BCUT2D eigenvalue weighted by Crippen LogP contribution is -2.12. The zero-order valence-electron chi connectivity index (χ0n) is 13.3. The third-order valence-electron chi connectivity index (χ3n) is 3.78. The molecule has 2 N–H and O–H groups in total. The average molecular weight is 312 g/mol. The van der Waals surface area contributed by atoms with Crippen LogP contribution >= 0.6 is 0 Å². The van der Waals surface area contributed by atoms with Crippen LogP contribution in [0.25, 0.3) is 0 Å². The summed E-state index contributed by atoms with van der Waals surface area (Å²) in [5, 5.41) is 19.2. The van der Waals surface area contributed by atoms with Gasteiger partial charge in [0.25, 0.3) is 0 Å². The Morgan fingerprint density at radius 2 is 1.78 bits per heavy atom. The number of benzene rings is 2. The Bertz CT molecular complexity index is 747. The van der Waals surface area contributed by atoms with E-state index in [1.807, 2.05) is 12.1 Å². The Morgan fingerprint density at radius 3 is 2.43 bits per heavy atom. The number of aryl methyl sites for hydroxylation is 2. The number of hydrogen-bond donors (Lipinski definition) is 2. The smallest absolute Gasteiger partial charge is 0.340 e. The second-order valence-electron chi connectivity index (χ2n) is 5.60. The number of carboxylic acid groups (broad SMARTS) is 1. The molecular weight excluding hydrogens is 292 g/mol. The van der Waals surface area contributed by atoms with Gasteiger partial charge >= 0.3 is 5.97 Å². The SMILES string of the molecule is CCCCc1ccccc1C(=O)c1cc(C)cc(O)c1C(=O)O. The van der Waals surface area contributed by atoms with E-state index in [0.29, 0.717) is 11.1 Å². The first kappa shape index (κ1) is 16.7. The number of phenols is 1. The lowest BCUT2D eigenvalue weighted by molar-refractivity contribution is 0.0689. The van der Waals surface area contributed by atoms with Gasteiger partial charge in [-0.25, -0.2) is 4.79 Å². The number of ketones is 1. The quantitative estimate of drug-likeness (QED) is 0.791. The van der Waals surface area contributed by atoms with Crippen LogP contribution in [0.2, 0.25) is 0 Å². The number of unbranched alkanes of at least 4 members (excludes halogenated alkanes) is 1. The van der Waals surface area contributed by atoms with Crippen LogP contribution in [-0.2, 0) is 6.42 Å². The summed E-state index contributed by atoms with van der Waals surface area (Å²) >= 11 is 0. The molecule has 0 saturated carbocycles. The highest BCUT2D eigenvalue weighted by Gasteiger charge is 2.23. The van der Waals surface area contributed by atoms with Crippen molar-refractivity contribution in [3.8, 4) is 5.75 Å². The second kappa shape index (κ2) is 7.09. The van der Waals surface area contributed by atoms with Crippen molar-refractivity contribution in [1.82, 2.24) is 0 Å². The van der Waals surface area contributed by atoms with Gasteiger partial charge in [0.2, 0.25) is 0 Å². The van der Waals surface area contributed by atoms with Gasteiger partial charge in [-0.1, -0.05) is 37.6 Å². The summed E-state index contributed by atoms with van der Waals surface area (Å²) in [5.41, 5.74) is 1.72. The Balaban J connectivity index is 2.56. The van der Waals surface area contributed by atoms with Gasteiger partial charge < -0.3 is 10.2 Å². The van der Waals surface area contributed by atoms with Gasteiger partial charge in [0.1, 0.15) is 11.3 Å². The van der Waals surface area contributed by atoms with Crippen molar-refractivity contribution in [2.45, 2.75) is 33.1 Å². The third-order valence-corrected chi connectivity index (χ3v) is 3.78. The molecule has 0 amide bonds. The molecule has 2 aromatic carbocycles. The molecule has 0 unspecified atom stereocenters. The van der Waals surface area contributed by atoms with Gasteiger partial charge in [0.15, 0.2) is 5.78 Å². The van der Waals surface area contributed by atoms with Gasteiger partial charge in [-0.05, 0) is 43.0 Å². The summed E-state index contributed by atoms with van der Waals surface area (Å²) in [6, 6.07) is 10.1. The van der Waals surface area contributed by atoms with Gasteiger partial charge in [-0.15, -0.1) is 0 Å². The van der Waals surface area contributed by atoms with Crippen LogP contribution in [0.5, 0.6) is 5.75 Å². The van der Waals surface area contributed by atoms with Crippen LogP contribution in [0, 0.1) is 6.92 Å². The summed E-state index contributed by atoms with van der Waals surface area (Å²) in [4.78, 5) is 24.3. The van der Waals surface area contributed by atoms with E-state index in [4.69, 9.17) is 0 Å². The minimum Gasteiger partial charge on any atom is -0.507 e. The molecule has 0 atom stereocenters. The minimum atomic E-state index is -1.31. The second-order valence-corrected chi connectivity index (χ2v) is 5.60. The zero-order chi connectivity index (χ0) is 17.0. The van der Waals surface area contributed by atoms with Crippen molar-refractivity contribution in [3.05, 3.63) is 64.2 Å². The lowest BCUT2D eigenvalue weighted by atomic mass is 9.91. The minimum absolute atomic E-state index is 0.0268. The maximum atomic E-state index is 12.9. The molecule has 0 saturated heterocycles. The maximum Gasteiger partial charge on any atom is 0.340 e. The number of hydrogen-bond acceptors (Lipinski definition) is 3. The molecule has 0 spiro atoms. The zero-order valence-corrected chi connectivity index (χ0v) is 13.3. The largest absolute Gasteiger partial charge is 0.507 e. The Labute approximate surface area is 135 Å². The summed E-state index contributed by atoms with van der Waals surface area (Å²) in [5.74, 6) is -2.06. The Kier molecular flexibility index (Phi) is 5.16. The van der Waals surface area contributed by atoms with Crippen molar-refractivity contribution in [1.29, 1.82) is 0 Å². The lowest BCUT2D eigenvalue weighted by Gasteiger charge is -2.12. The van der Waals surface area contributed by atoms with E-state index < -0.39 is 5.97 Å². The predicted molar refractivity (Wildman–Crippen MR) is 88.3 cm³/mol. The fourth-order valence-corrected chi connectivity index (χ4v) is 2.64.